The molecule has 0 aliphatic carbocycles. The Morgan fingerprint density at radius 1 is 1.45 bits per heavy atom. The minimum absolute atomic E-state index is 0.0594. The van der Waals surface area contributed by atoms with E-state index in [4.69, 9.17) is 16.6 Å². The number of nitrogens with one attached hydrogen (secondary N) is 1. The Labute approximate surface area is 150 Å². The van der Waals surface area contributed by atoms with Crippen LogP contribution < -0.4 is 5.32 Å². The SMILES string of the molecule is CCCSC(=S)S[C@H]1NC(=O)[C@@H]1[C@@H](C)O[Si](C)(C)C(C)(C)C. The second kappa shape index (κ2) is 8.01. The number of β-lactam (4-membered cyclic amide) rings is 1. The van der Waals surface area contributed by atoms with Crippen LogP contribution in [-0.2, 0) is 9.22 Å². The van der Waals surface area contributed by atoms with Crippen LogP contribution in [0.4, 0.5) is 0 Å². The maximum absolute atomic E-state index is 12.0. The number of hydrogen-bond acceptors (Lipinski definition) is 5. The van der Waals surface area contributed by atoms with Crippen molar-refractivity contribution >= 4 is 53.5 Å². The van der Waals surface area contributed by atoms with Gasteiger partial charge in [0, 0.05) is 0 Å². The Morgan fingerprint density at radius 2 is 2.05 bits per heavy atom. The summed E-state index contributed by atoms with van der Waals surface area (Å²) in [6.07, 6.45) is 1.04. The van der Waals surface area contributed by atoms with E-state index in [-0.39, 0.29) is 28.3 Å². The number of carbonyl (C=O) groups is 1. The molecule has 1 fully saturated rings. The average molecular weight is 380 g/mol. The van der Waals surface area contributed by atoms with E-state index in [1.807, 2.05) is 6.92 Å². The van der Waals surface area contributed by atoms with E-state index in [0.717, 1.165) is 15.7 Å². The van der Waals surface area contributed by atoms with Crippen LogP contribution in [0.5, 0.6) is 0 Å². The van der Waals surface area contributed by atoms with Crippen molar-refractivity contribution in [1.82, 2.24) is 5.32 Å². The molecular formula is C15H29NO2S3Si. The van der Waals surface area contributed by atoms with Gasteiger partial charge in [0.15, 0.2) is 8.32 Å². The fraction of sp³-hybridized carbons (Fsp3) is 0.867. The quantitative estimate of drug-likeness (QED) is 0.414. The van der Waals surface area contributed by atoms with E-state index in [2.05, 4.69) is 46.1 Å². The normalized spacial score (nSPS) is 23.7. The Balaban J connectivity index is 2.61. The number of carbonyl (C=O) groups excluding carboxylic acids is 1. The number of amides is 1. The van der Waals surface area contributed by atoms with Gasteiger partial charge >= 0.3 is 0 Å². The van der Waals surface area contributed by atoms with Crippen molar-refractivity contribution in [3.63, 3.8) is 0 Å². The van der Waals surface area contributed by atoms with Crippen LogP contribution in [0.3, 0.4) is 0 Å². The molecular weight excluding hydrogens is 350 g/mol. The summed E-state index contributed by atoms with van der Waals surface area (Å²) in [5, 5.41) is 3.17. The molecule has 1 amide bonds. The highest BCUT2D eigenvalue weighted by atomic mass is 32.2. The summed E-state index contributed by atoms with van der Waals surface area (Å²) < 4.78 is 7.30. The zero-order valence-electron chi connectivity index (χ0n) is 14.7. The molecule has 128 valence electrons. The molecule has 1 N–H and O–H groups in total. The van der Waals surface area contributed by atoms with Gasteiger partial charge in [-0.3, -0.25) is 4.79 Å². The summed E-state index contributed by atoms with van der Waals surface area (Å²) in [5.41, 5.74) is 0. The van der Waals surface area contributed by atoms with Gasteiger partial charge in [-0.1, -0.05) is 51.7 Å². The number of hydrogen-bond donors (Lipinski definition) is 1. The van der Waals surface area contributed by atoms with Gasteiger partial charge in [0.05, 0.1) is 17.4 Å². The zero-order valence-corrected chi connectivity index (χ0v) is 18.1. The highest BCUT2D eigenvalue weighted by molar-refractivity contribution is 8.47. The molecule has 0 bridgehead atoms. The second-order valence-corrected chi connectivity index (χ2v) is 15.5. The molecule has 1 heterocycles. The summed E-state index contributed by atoms with van der Waals surface area (Å²) in [4.78, 5) is 12.0. The molecule has 3 nitrogen and oxygen atoms in total. The molecule has 0 saturated carbocycles. The maximum Gasteiger partial charge on any atom is 0.229 e. The van der Waals surface area contributed by atoms with Crippen molar-refractivity contribution in [2.45, 2.75) is 70.6 Å². The van der Waals surface area contributed by atoms with Crippen molar-refractivity contribution < 1.29 is 9.22 Å². The lowest BCUT2D eigenvalue weighted by atomic mass is 9.96. The Morgan fingerprint density at radius 3 is 2.50 bits per heavy atom. The fourth-order valence-electron chi connectivity index (χ4n) is 1.97. The van der Waals surface area contributed by atoms with Gasteiger partial charge in [0.1, 0.15) is 3.53 Å². The molecule has 0 aromatic carbocycles. The molecule has 1 saturated heterocycles. The average Bonchev–Trinajstić information content (AvgIpc) is 2.33. The molecule has 0 unspecified atom stereocenters. The highest BCUT2D eigenvalue weighted by Crippen LogP contribution is 2.40. The molecule has 22 heavy (non-hydrogen) atoms. The molecule has 0 aromatic heterocycles. The zero-order chi connectivity index (χ0) is 17.1. The maximum atomic E-state index is 12.0. The van der Waals surface area contributed by atoms with Crippen LogP contribution in [0, 0.1) is 5.92 Å². The molecule has 3 atom stereocenters. The van der Waals surface area contributed by atoms with Crippen LogP contribution in [0.1, 0.15) is 41.0 Å². The third-order valence-electron chi connectivity index (χ3n) is 4.35. The molecule has 1 aliphatic heterocycles. The number of rotatable bonds is 6. The van der Waals surface area contributed by atoms with E-state index < -0.39 is 8.32 Å². The van der Waals surface area contributed by atoms with Crippen molar-refractivity contribution in [2.24, 2.45) is 5.92 Å². The van der Waals surface area contributed by atoms with E-state index in [9.17, 15) is 4.79 Å². The molecule has 7 heteroatoms. The van der Waals surface area contributed by atoms with Gasteiger partial charge in [-0.25, -0.2) is 0 Å². The summed E-state index contributed by atoms with van der Waals surface area (Å²) in [6, 6.07) is 0. The van der Waals surface area contributed by atoms with E-state index in [1.165, 1.54) is 0 Å². The molecule has 1 aliphatic rings. The summed E-state index contributed by atoms with van der Waals surface area (Å²) >= 11 is 8.68. The molecule has 0 spiro atoms. The molecule has 1 rings (SSSR count). The number of thiocarbonyl (C=S) groups is 1. The van der Waals surface area contributed by atoms with E-state index in [1.54, 1.807) is 23.5 Å². The van der Waals surface area contributed by atoms with Crippen LogP contribution in [-0.4, -0.2) is 35.0 Å². The largest absolute Gasteiger partial charge is 0.413 e. The highest BCUT2D eigenvalue weighted by Gasteiger charge is 2.48. The minimum atomic E-state index is -1.86. The van der Waals surface area contributed by atoms with Gasteiger partial charge in [-0.05, 0) is 37.2 Å². The first-order valence-electron chi connectivity index (χ1n) is 7.81. The minimum Gasteiger partial charge on any atom is -0.413 e. The van der Waals surface area contributed by atoms with Crippen LogP contribution in [0.15, 0.2) is 0 Å². The lowest BCUT2D eigenvalue weighted by molar-refractivity contribution is -0.136. The summed E-state index contributed by atoms with van der Waals surface area (Å²) in [6.45, 7) is 15.3. The van der Waals surface area contributed by atoms with Gasteiger partial charge < -0.3 is 9.74 Å². The van der Waals surface area contributed by atoms with E-state index in [0.29, 0.717) is 0 Å². The molecule has 0 radical (unpaired) electrons. The van der Waals surface area contributed by atoms with Crippen LogP contribution in [0.25, 0.3) is 0 Å². The predicted octanol–water partition coefficient (Wildman–Crippen LogP) is 4.63. The van der Waals surface area contributed by atoms with Crippen LogP contribution in [0.2, 0.25) is 18.1 Å². The first-order valence-corrected chi connectivity index (χ1v) is 13.0. The Bertz CT molecular complexity index is 424. The van der Waals surface area contributed by atoms with E-state index >= 15 is 0 Å². The number of thioether (sulfide) groups is 2. The van der Waals surface area contributed by atoms with Crippen LogP contribution >= 0.6 is 35.7 Å². The Kier molecular flexibility index (Phi) is 7.46. The van der Waals surface area contributed by atoms with Gasteiger partial charge in [-0.15, -0.1) is 11.8 Å². The predicted molar refractivity (Wildman–Crippen MR) is 106 cm³/mol. The van der Waals surface area contributed by atoms with Gasteiger partial charge in [0.25, 0.3) is 0 Å². The second-order valence-electron chi connectivity index (χ2n) is 7.25. The molecule has 0 aromatic rings. The smallest absolute Gasteiger partial charge is 0.229 e. The summed E-state index contributed by atoms with van der Waals surface area (Å²) in [5.74, 6) is 1.03. The fourth-order valence-corrected chi connectivity index (χ4v) is 6.04. The third kappa shape index (κ3) is 5.23. The summed E-state index contributed by atoms with van der Waals surface area (Å²) in [7, 11) is -1.86. The standard InChI is InChI=1S/C15H29NO2S3Si/c1-8-9-20-14(19)21-13-11(12(17)16-13)10(2)18-22(6,7)15(3,4)5/h10-11,13H,8-9H2,1-7H3,(H,16,17)/t10-,11+,13-/m1/s1. The van der Waals surface area contributed by atoms with Gasteiger partial charge in [0.2, 0.25) is 5.91 Å². The Hall–Kier alpha value is 0.437. The monoisotopic (exact) mass is 379 g/mol. The van der Waals surface area contributed by atoms with Gasteiger partial charge in [-0.2, -0.15) is 0 Å². The van der Waals surface area contributed by atoms with Crippen molar-refractivity contribution in [3.05, 3.63) is 0 Å². The van der Waals surface area contributed by atoms with Crippen molar-refractivity contribution in [1.29, 1.82) is 0 Å². The van der Waals surface area contributed by atoms with Crippen molar-refractivity contribution in [2.75, 3.05) is 5.75 Å². The third-order valence-corrected chi connectivity index (χ3v) is 11.9. The lowest BCUT2D eigenvalue weighted by Crippen LogP contribution is -2.62. The van der Waals surface area contributed by atoms with Crippen molar-refractivity contribution in [3.8, 4) is 0 Å². The first-order chi connectivity index (χ1) is 9.99. The first kappa shape index (κ1) is 20.5. The topological polar surface area (TPSA) is 38.3 Å². The lowest BCUT2D eigenvalue weighted by Gasteiger charge is -2.45.